The molecule has 0 aliphatic rings. The Hall–Kier alpha value is -3.63. The molecular weight excluding hydrogens is 369 g/mol. The Labute approximate surface area is 148 Å². The predicted molar refractivity (Wildman–Crippen MR) is 88.1 cm³/mol. The number of aromatic amines is 1. The summed E-state index contributed by atoms with van der Waals surface area (Å²) in [5.41, 5.74) is -3.17. The molecule has 11 heteroatoms. The first-order valence-corrected chi connectivity index (χ1v) is 7.46. The van der Waals surface area contributed by atoms with Crippen molar-refractivity contribution < 1.29 is 22.5 Å². The predicted octanol–water partition coefficient (Wildman–Crippen LogP) is 3.30. The number of aromatic nitrogens is 2. The van der Waals surface area contributed by atoms with Gasteiger partial charge in [-0.25, -0.2) is 4.68 Å². The number of hydrogen-bond acceptors (Lipinski definition) is 5. The van der Waals surface area contributed by atoms with E-state index < -0.39 is 27.9 Å². The van der Waals surface area contributed by atoms with E-state index in [1.165, 1.54) is 18.4 Å². The lowest BCUT2D eigenvalue weighted by Gasteiger charge is -2.04. The molecule has 0 bridgehead atoms. The van der Waals surface area contributed by atoms with Gasteiger partial charge in [0, 0.05) is 18.3 Å². The third kappa shape index (κ3) is 3.81. The second-order valence-electron chi connectivity index (χ2n) is 5.36. The Kier molecular flexibility index (Phi) is 4.67. The zero-order valence-electron chi connectivity index (χ0n) is 13.4. The Morgan fingerprint density at radius 2 is 1.96 bits per heavy atom. The number of hydrogen-bond donors (Lipinski definition) is 1. The minimum Gasteiger partial charge on any atom is -0.467 e. The summed E-state index contributed by atoms with van der Waals surface area (Å²) in [6.07, 6.45) is -2.60. The molecule has 140 valence electrons. The van der Waals surface area contributed by atoms with E-state index in [9.17, 15) is 28.1 Å². The van der Waals surface area contributed by atoms with Crippen molar-refractivity contribution in [2.75, 3.05) is 0 Å². The number of nitro groups is 1. The summed E-state index contributed by atoms with van der Waals surface area (Å²) in [4.78, 5) is 26.3. The molecule has 0 radical (unpaired) electrons. The summed E-state index contributed by atoms with van der Waals surface area (Å²) in [6.45, 7) is -0.0353. The molecule has 0 spiro atoms. The maximum absolute atomic E-state index is 13.3. The van der Waals surface area contributed by atoms with E-state index in [1.807, 2.05) is 5.10 Å². The lowest BCUT2D eigenvalue weighted by atomic mass is 10.2. The summed E-state index contributed by atoms with van der Waals surface area (Å²) in [5, 5.41) is 12.7. The van der Waals surface area contributed by atoms with E-state index >= 15 is 0 Å². The SMILES string of the molecule is O=c1c(C=NCc2ccco2)c(C(F)(F)F)[nH]n1-c1ccc([N+](=O)[O-])cc1. The molecule has 0 saturated heterocycles. The number of nitro benzene ring substituents is 1. The quantitative estimate of drug-likeness (QED) is 0.416. The molecule has 0 fully saturated rings. The molecule has 0 unspecified atom stereocenters. The molecule has 0 aliphatic heterocycles. The molecule has 8 nitrogen and oxygen atoms in total. The summed E-state index contributed by atoms with van der Waals surface area (Å²) in [5.74, 6) is 0.422. The standard InChI is InChI=1S/C16H11F3N4O4/c17-16(18,19)14-13(9-20-8-12-2-1-7-27-12)15(24)22(21-14)10-3-5-11(6-4-10)23(25)26/h1-7,9,21H,8H2. The van der Waals surface area contributed by atoms with Crippen molar-refractivity contribution in [3.63, 3.8) is 0 Å². The smallest absolute Gasteiger partial charge is 0.433 e. The Bertz CT molecular complexity index is 1030. The van der Waals surface area contributed by atoms with Gasteiger partial charge in [0.1, 0.15) is 5.76 Å². The molecule has 1 aromatic carbocycles. The molecule has 0 saturated carbocycles. The van der Waals surface area contributed by atoms with Crippen LogP contribution >= 0.6 is 0 Å². The van der Waals surface area contributed by atoms with Crippen molar-refractivity contribution in [1.29, 1.82) is 0 Å². The first-order valence-electron chi connectivity index (χ1n) is 7.46. The topological polar surface area (TPSA) is 106 Å². The van der Waals surface area contributed by atoms with Crippen molar-refractivity contribution in [2.24, 2.45) is 4.99 Å². The third-order valence-electron chi connectivity index (χ3n) is 3.58. The van der Waals surface area contributed by atoms with Gasteiger partial charge in [0.25, 0.3) is 11.2 Å². The number of nitrogens with zero attached hydrogens (tertiary/aromatic N) is 3. The van der Waals surface area contributed by atoms with Crippen LogP contribution in [0.2, 0.25) is 0 Å². The highest BCUT2D eigenvalue weighted by atomic mass is 19.4. The monoisotopic (exact) mass is 380 g/mol. The van der Waals surface area contributed by atoms with Crippen molar-refractivity contribution in [3.05, 3.63) is 80.1 Å². The summed E-state index contributed by atoms with van der Waals surface area (Å²) >= 11 is 0. The van der Waals surface area contributed by atoms with Crippen LogP contribution in [0.3, 0.4) is 0 Å². The van der Waals surface area contributed by atoms with Gasteiger partial charge in [-0.3, -0.25) is 25.0 Å². The first-order chi connectivity index (χ1) is 12.8. The molecule has 0 aliphatic carbocycles. The molecule has 2 heterocycles. The van der Waals surface area contributed by atoms with E-state index in [0.717, 1.165) is 18.3 Å². The van der Waals surface area contributed by atoms with Crippen molar-refractivity contribution >= 4 is 11.9 Å². The minimum absolute atomic E-state index is 0.0155. The number of benzene rings is 1. The number of halogens is 3. The van der Waals surface area contributed by atoms with Gasteiger partial charge in [-0.15, -0.1) is 0 Å². The number of furan rings is 1. The average molecular weight is 380 g/mol. The fourth-order valence-corrected chi connectivity index (χ4v) is 2.32. The molecule has 2 aromatic heterocycles. The van der Waals surface area contributed by atoms with Crippen molar-refractivity contribution in [1.82, 2.24) is 9.78 Å². The summed E-state index contributed by atoms with van der Waals surface area (Å²) in [6, 6.07) is 7.69. The van der Waals surface area contributed by atoms with Crippen LogP contribution in [-0.2, 0) is 12.7 Å². The molecule has 0 atom stereocenters. The van der Waals surface area contributed by atoms with Crippen LogP contribution < -0.4 is 5.56 Å². The summed E-state index contributed by atoms with van der Waals surface area (Å²) < 4.78 is 45.5. The van der Waals surface area contributed by atoms with Gasteiger partial charge >= 0.3 is 6.18 Å². The first kappa shape index (κ1) is 18.2. The molecule has 3 aromatic rings. The van der Waals surface area contributed by atoms with Crippen LogP contribution in [0.25, 0.3) is 5.69 Å². The number of H-pyrrole nitrogens is 1. The van der Waals surface area contributed by atoms with Gasteiger partial charge in [-0.05, 0) is 24.3 Å². The second-order valence-corrected chi connectivity index (χ2v) is 5.36. The maximum Gasteiger partial charge on any atom is 0.433 e. The van der Waals surface area contributed by atoms with Gasteiger partial charge in [-0.1, -0.05) is 0 Å². The van der Waals surface area contributed by atoms with E-state index in [2.05, 4.69) is 4.99 Å². The molecular formula is C16H11F3N4O4. The molecule has 1 N–H and O–H groups in total. The minimum atomic E-state index is -4.82. The van der Waals surface area contributed by atoms with Crippen LogP contribution in [0, 0.1) is 10.1 Å². The molecule has 27 heavy (non-hydrogen) atoms. The summed E-state index contributed by atoms with van der Waals surface area (Å²) in [7, 11) is 0. The average Bonchev–Trinajstić information content (AvgIpc) is 3.23. The van der Waals surface area contributed by atoms with Crippen molar-refractivity contribution in [3.8, 4) is 5.69 Å². The maximum atomic E-state index is 13.3. The molecule has 3 rings (SSSR count). The van der Waals surface area contributed by atoms with E-state index in [1.54, 1.807) is 12.1 Å². The van der Waals surface area contributed by atoms with Crippen molar-refractivity contribution in [2.45, 2.75) is 12.7 Å². The number of alkyl halides is 3. The second kappa shape index (κ2) is 6.94. The highest BCUT2D eigenvalue weighted by molar-refractivity contribution is 5.81. The number of rotatable bonds is 5. The van der Waals surface area contributed by atoms with Crippen LogP contribution in [-0.4, -0.2) is 20.9 Å². The van der Waals surface area contributed by atoms with Crippen LogP contribution in [0.15, 0.2) is 56.9 Å². The Morgan fingerprint density at radius 3 is 2.52 bits per heavy atom. The van der Waals surface area contributed by atoms with Gasteiger partial charge in [0.15, 0.2) is 5.69 Å². The fourth-order valence-electron chi connectivity index (χ4n) is 2.32. The molecule has 0 amide bonds. The van der Waals surface area contributed by atoms with Gasteiger partial charge in [0.2, 0.25) is 0 Å². The Morgan fingerprint density at radius 1 is 1.26 bits per heavy atom. The van der Waals surface area contributed by atoms with Gasteiger partial charge in [-0.2, -0.15) is 13.2 Å². The zero-order valence-corrected chi connectivity index (χ0v) is 13.4. The number of nitrogens with one attached hydrogen (secondary N) is 1. The van der Waals surface area contributed by atoms with Crippen LogP contribution in [0.4, 0.5) is 18.9 Å². The van der Waals surface area contributed by atoms with E-state index in [0.29, 0.717) is 10.4 Å². The van der Waals surface area contributed by atoms with Crippen LogP contribution in [0.5, 0.6) is 0 Å². The highest BCUT2D eigenvalue weighted by Crippen LogP contribution is 2.29. The van der Waals surface area contributed by atoms with Gasteiger partial charge in [0.05, 0.1) is 29.0 Å². The largest absolute Gasteiger partial charge is 0.467 e. The van der Waals surface area contributed by atoms with Crippen LogP contribution in [0.1, 0.15) is 17.0 Å². The zero-order chi connectivity index (χ0) is 19.6. The number of aliphatic imine (C=N–C) groups is 1. The normalized spacial score (nSPS) is 12.0. The van der Waals surface area contributed by atoms with E-state index in [-0.39, 0.29) is 17.9 Å². The lowest BCUT2D eigenvalue weighted by Crippen LogP contribution is -2.17. The van der Waals surface area contributed by atoms with E-state index in [4.69, 9.17) is 4.42 Å². The third-order valence-corrected chi connectivity index (χ3v) is 3.58. The number of non-ortho nitro benzene ring substituents is 1. The highest BCUT2D eigenvalue weighted by Gasteiger charge is 2.37. The lowest BCUT2D eigenvalue weighted by molar-refractivity contribution is -0.384. The fraction of sp³-hybridized carbons (Fsp3) is 0.125. The Balaban J connectivity index is 2.01. The van der Waals surface area contributed by atoms with Gasteiger partial charge < -0.3 is 4.42 Å².